The maximum absolute atomic E-state index is 10.8. The van der Waals surface area contributed by atoms with Gasteiger partial charge in [0.25, 0.3) is 5.97 Å². The highest BCUT2D eigenvalue weighted by Crippen LogP contribution is 2.07. The summed E-state index contributed by atoms with van der Waals surface area (Å²) in [5.74, 6) is -3.09. The van der Waals surface area contributed by atoms with Gasteiger partial charge in [0.2, 0.25) is 0 Å². The Morgan fingerprint density at radius 2 is 1.93 bits per heavy atom. The standard InChI is InChI=1S/C9H16O5/c1-7(2)8(10)14-6-4-3-5-9(11,12)13/h11-13H,1,3-6H2,2H3. The summed E-state index contributed by atoms with van der Waals surface area (Å²) < 4.78 is 4.73. The molecule has 0 aliphatic heterocycles. The predicted octanol–water partition coefficient (Wildman–Crippen LogP) is -0.0933. The van der Waals surface area contributed by atoms with Crippen LogP contribution in [-0.4, -0.2) is 33.9 Å². The smallest absolute Gasteiger partial charge is 0.333 e. The van der Waals surface area contributed by atoms with E-state index < -0.39 is 11.9 Å². The average Bonchev–Trinajstić information content (AvgIpc) is 2.01. The number of rotatable bonds is 6. The first kappa shape index (κ1) is 13.1. The summed E-state index contributed by atoms with van der Waals surface area (Å²) in [6.45, 7) is 5.13. The van der Waals surface area contributed by atoms with E-state index in [0.29, 0.717) is 18.4 Å². The molecule has 0 rings (SSSR count). The highest BCUT2D eigenvalue weighted by Gasteiger charge is 2.16. The quantitative estimate of drug-likeness (QED) is 0.243. The van der Waals surface area contributed by atoms with Crippen LogP contribution in [0.4, 0.5) is 0 Å². The normalized spacial score (nSPS) is 11.1. The van der Waals surface area contributed by atoms with Crippen molar-refractivity contribution in [2.75, 3.05) is 6.61 Å². The molecule has 5 nitrogen and oxygen atoms in total. The van der Waals surface area contributed by atoms with Crippen LogP contribution < -0.4 is 0 Å². The third-order valence-electron chi connectivity index (χ3n) is 1.49. The SMILES string of the molecule is C=C(C)C(=O)OCCCCC(O)(O)O. The van der Waals surface area contributed by atoms with Crippen molar-refractivity contribution in [1.82, 2.24) is 0 Å². The number of ether oxygens (including phenoxy) is 1. The molecule has 0 bridgehead atoms. The number of carbonyl (C=O) groups is 1. The van der Waals surface area contributed by atoms with Gasteiger partial charge >= 0.3 is 5.97 Å². The Morgan fingerprint density at radius 3 is 2.36 bits per heavy atom. The van der Waals surface area contributed by atoms with Crippen LogP contribution in [-0.2, 0) is 9.53 Å². The van der Waals surface area contributed by atoms with Gasteiger partial charge in [-0.15, -0.1) is 0 Å². The molecule has 0 aromatic rings. The molecule has 0 aliphatic rings. The van der Waals surface area contributed by atoms with Crippen LogP contribution in [0.25, 0.3) is 0 Å². The van der Waals surface area contributed by atoms with Gasteiger partial charge in [-0.1, -0.05) is 6.58 Å². The summed E-state index contributed by atoms with van der Waals surface area (Å²) in [4.78, 5) is 10.8. The molecule has 0 fully saturated rings. The van der Waals surface area contributed by atoms with E-state index in [1.807, 2.05) is 0 Å². The molecule has 0 spiro atoms. The number of carbonyl (C=O) groups excluding carboxylic acids is 1. The predicted molar refractivity (Wildman–Crippen MR) is 49.0 cm³/mol. The van der Waals surface area contributed by atoms with E-state index >= 15 is 0 Å². The highest BCUT2D eigenvalue weighted by atomic mass is 16.7. The number of aliphatic hydroxyl groups is 3. The molecule has 0 amide bonds. The number of esters is 1. The Bertz CT molecular complexity index is 204. The fraction of sp³-hybridized carbons (Fsp3) is 0.667. The van der Waals surface area contributed by atoms with E-state index in [2.05, 4.69) is 6.58 Å². The van der Waals surface area contributed by atoms with Gasteiger partial charge in [-0.05, 0) is 19.8 Å². The van der Waals surface area contributed by atoms with Gasteiger partial charge in [-0.2, -0.15) is 0 Å². The topological polar surface area (TPSA) is 87.0 Å². The minimum absolute atomic E-state index is 0.169. The molecular formula is C9H16O5. The Hall–Kier alpha value is -0.910. The molecule has 0 aromatic carbocycles. The molecule has 0 radical (unpaired) electrons. The summed E-state index contributed by atoms with van der Waals surface area (Å²) in [5.41, 5.74) is 0.325. The van der Waals surface area contributed by atoms with Gasteiger partial charge in [0.15, 0.2) is 0 Å². The lowest BCUT2D eigenvalue weighted by Crippen LogP contribution is -2.26. The van der Waals surface area contributed by atoms with E-state index in [4.69, 9.17) is 20.1 Å². The van der Waals surface area contributed by atoms with Gasteiger partial charge in [-0.25, -0.2) is 4.79 Å². The molecule has 14 heavy (non-hydrogen) atoms. The third kappa shape index (κ3) is 7.72. The summed E-state index contributed by atoms with van der Waals surface area (Å²) in [6, 6.07) is 0. The maximum Gasteiger partial charge on any atom is 0.333 e. The molecule has 5 heteroatoms. The van der Waals surface area contributed by atoms with Crippen molar-refractivity contribution in [2.24, 2.45) is 0 Å². The minimum atomic E-state index is -2.63. The second-order valence-electron chi connectivity index (χ2n) is 3.15. The van der Waals surface area contributed by atoms with E-state index in [9.17, 15) is 4.79 Å². The van der Waals surface area contributed by atoms with Crippen molar-refractivity contribution in [3.05, 3.63) is 12.2 Å². The summed E-state index contributed by atoms with van der Waals surface area (Å²) >= 11 is 0. The Morgan fingerprint density at radius 1 is 1.36 bits per heavy atom. The van der Waals surface area contributed by atoms with Crippen LogP contribution in [0.15, 0.2) is 12.2 Å². The van der Waals surface area contributed by atoms with Crippen LogP contribution in [0.2, 0.25) is 0 Å². The number of hydrogen-bond acceptors (Lipinski definition) is 5. The van der Waals surface area contributed by atoms with Crippen LogP contribution in [0.5, 0.6) is 0 Å². The van der Waals surface area contributed by atoms with E-state index in [-0.39, 0.29) is 13.0 Å². The molecule has 0 heterocycles. The molecule has 0 unspecified atom stereocenters. The molecule has 0 aromatic heterocycles. The van der Waals surface area contributed by atoms with E-state index in [1.165, 1.54) is 0 Å². The number of hydrogen-bond donors (Lipinski definition) is 3. The molecule has 0 saturated heterocycles. The summed E-state index contributed by atoms with van der Waals surface area (Å²) in [5, 5.41) is 25.5. The van der Waals surface area contributed by atoms with Crippen molar-refractivity contribution in [2.45, 2.75) is 32.2 Å². The Kier molecular flexibility index (Phi) is 5.37. The summed E-state index contributed by atoms with van der Waals surface area (Å²) in [7, 11) is 0. The largest absolute Gasteiger partial charge is 0.462 e. The Labute approximate surface area is 82.6 Å². The van der Waals surface area contributed by atoms with Crippen molar-refractivity contribution in [1.29, 1.82) is 0 Å². The first-order valence-electron chi connectivity index (χ1n) is 4.32. The van der Waals surface area contributed by atoms with Crippen LogP contribution in [0.1, 0.15) is 26.2 Å². The van der Waals surface area contributed by atoms with Gasteiger partial charge in [0.1, 0.15) is 0 Å². The van der Waals surface area contributed by atoms with Crippen LogP contribution in [0.3, 0.4) is 0 Å². The van der Waals surface area contributed by atoms with Gasteiger partial charge in [-0.3, -0.25) is 0 Å². The van der Waals surface area contributed by atoms with Crippen molar-refractivity contribution in [3.8, 4) is 0 Å². The summed E-state index contributed by atoms with van der Waals surface area (Å²) in [6.07, 6.45) is 0.646. The third-order valence-corrected chi connectivity index (χ3v) is 1.49. The molecule has 0 saturated carbocycles. The lowest BCUT2D eigenvalue weighted by Gasteiger charge is -2.13. The first-order chi connectivity index (χ1) is 6.33. The highest BCUT2D eigenvalue weighted by molar-refractivity contribution is 5.86. The van der Waals surface area contributed by atoms with Gasteiger partial charge in [0, 0.05) is 12.0 Å². The fourth-order valence-corrected chi connectivity index (χ4v) is 0.752. The average molecular weight is 204 g/mol. The second kappa shape index (κ2) is 5.74. The van der Waals surface area contributed by atoms with Crippen molar-refractivity contribution < 1.29 is 24.9 Å². The lowest BCUT2D eigenvalue weighted by molar-refractivity contribution is -0.315. The molecule has 3 N–H and O–H groups in total. The second-order valence-corrected chi connectivity index (χ2v) is 3.15. The zero-order valence-electron chi connectivity index (χ0n) is 8.19. The van der Waals surface area contributed by atoms with Crippen molar-refractivity contribution in [3.63, 3.8) is 0 Å². The zero-order valence-corrected chi connectivity index (χ0v) is 8.19. The van der Waals surface area contributed by atoms with Crippen LogP contribution in [0, 0.1) is 0 Å². The molecular weight excluding hydrogens is 188 g/mol. The number of unbranched alkanes of at least 4 members (excludes halogenated alkanes) is 1. The van der Waals surface area contributed by atoms with Crippen molar-refractivity contribution >= 4 is 5.97 Å². The first-order valence-corrected chi connectivity index (χ1v) is 4.32. The van der Waals surface area contributed by atoms with E-state index in [1.54, 1.807) is 6.92 Å². The molecule has 0 atom stereocenters. The lowest BCUT2D eigenvalue weighted by atomic mass is 10.2. The minimum Gasteiger partial charge on any atom is -0.462 e. The maximum atomic E-state index is 10.8. The molecule has 82 valence electrons. The van der Waals surface area contributed by atoms with E-state index in [0.717, 1.165) is 0 Å². The molecule has 0 aliphatic carbocycles. The zero-order chi connectivity index (χ0) is 11.2. The van der Waals surface area contributed by atoms with Gasteiger partial charge in [0.05, 0.1) is 6.61 Å². The Balaban J connectivity index is 3.39. The fourth-order valence-electron chi connectivity index (χ4n) is 0.752. The van der Waals surface area contributed by atoms with Gasteiger partial charge < -0.3 is 20.1 Å². The van der Waals surface area contributed by atoms with Crippen LogP contribution >= 0.6 is 0 Å². The monoisotopic (exact) mass is 204 g/mol.